The van der Waals surface area contributed by atoms with E-state index >= 15 is 0 Å². The first-order valence-electron chi connectivity index (χ1n) is 41.9. The zero-order valence-electron chi connectivity index (χ0n) is 65.7. The second-order valence-corrected chi connectivity index (χ2v) is 33.3. The second-order valence-electron chi connectivity index (χ2n) is 30.4. The molecule has 594 valence electrons. The maximum absolute atomic E-state index is 13.1. The van der Waals surface area contributed by atoms with E-state index in [2.05, 4.69) is 48.5 Å². The number of aliphatic hydroxyl groups is 1. The lowest BCUT2D eigenvalue weighted by atomic mass is 9.99. The van der Waals surface area contributed by atoms with E-state index in [1.165, 1.54) is 231 Å². The third kappa shape index (κ3) is 73.0. The van der Waals surface area contributed by atoms with Gasteiger partial charge in [0.05, 0.1) is 26.4 Å². The molecule has 3 N–H and O–H groups in total. The molecule has 0 radical (unpaired) electrons. The van der Waals surface area contributed by atoms with Crippen molar-refractivity contribution in [2.75, 3.05) is 39.6 Å². The van der Waals surface area contributed by atoms with Gasteiger partial charge in [-0.25, -0.2) is 9.13 Å². The largest absolute Gasteiger partial charge is 0.472 e. The maximum Gasteiger partial charge on any atom is 0.472 e. The quantitative estimate of drug-likeness (QED) is 0.0222. The van der Waals surface area contributed by atoms with E-state index in [9.17, 15) is 43.2 Å². The van der Waals surface area contributed by atoms with Gasteiger partial charge in [0.25, 0.3) is 0 Å². The van der Waals surface area contributed by atoms with E-state index in [1.807, 2.05) is 0 Å². The number of hydrogen-bond donors (Lipinski definition) is 3. The molecule has 0 bridgehead atoms. The SMILES string of the molecule is CCCCCCCCCCCCCCCCCCCCCCC(=O)O[C@H](COC(=O)CCCCCCCCCCCCCCCCC(C)CC)COP(=O)(O)OC[C@@H](O)COP(=O)(O)OC[C@@H](COC(=O)CCCCCCCCCCC(C)C)OC(=O)CCCCCCCCCCC(C)C. The van der Waals surface area contributed by atoms with E-state index in [-0.39, 0.29) is 25.7 Å². The van der Waals surface area contributed by atoms with E-state index in [0.29, 0.717) is 25.7 Å². The summed E-state index contributed by atoms with van der Waals surface area (Å²) in [5.74, 6) is 0.180. The lowest BCUT2D eigenvalue weighted by Crippen LogP contribution is -2.30. The molecule has 0 heterocycles. The van der Waals surface area contributed by atoms with Crippen molar-refractivity contribution in [1.82, 2.24) is 0 Å². The first kappa shape index (κ1) is 98.1. The van der Waals surface area contributed by atoms with Crippen LogP contribution in [0.3, 0.4) is 0 Å². The molecule has 0 aromatic heterocycles. The van der Waals surface area contributed by atoms with Crippen LogP contribution < -0.4 is 0 Å². The number of aliphatic hydroxyl groups excluding tert-OH is 1. The molecule has 0 spiro atoms. The molecule has 0 fully saturated rings. The minimum Gasteiger partial charge on any atom is -0.462 e. The monoisotopic (exact) mass is 1470 g/mol. The highest BCUT2D eigenvalue weighted by molar-refractivity contribution is 7.47. The number of carbonyl (C=O) groups is 4. The molecule has 0 saturated heterocycles. The smallest absolute Gasteiger partial charge is 0.462 e. The Hall–Kier alpha value is -1.94. The Morgan fingerprint density at radius 1 is 0.290 bits per heavy atom. The van der Waals surface area contributed by atoms with Gasteiger partial charge >= 0.3 is 39.5 Å². The number of phosphoric acid groups is 2. The van der Waals surface area contributed by atoms with Crippen LogP contribution in [0, 0.1) is 17.8 Å². The molecular formula is C81H158O17P2. The number of hydrogen-bond acceptors (Lipinski definition) is 15. The highest BCUT2D eigenvalue weighted by Crippen LogP contribution is 2.45. The number of rotatable bonds is 79. The standard InChI is InChI=1S/C81H158O17P2/c1-8-10-11-12-13-14-15-16-17-18-19-20-21-22-27-30-33-43-50-57-64-80(85)97-76(68-91-78(83)62-55-48-41-32-29-26-24-23-25-28-31-40-47-54-61-74(7)9-2)70-95-99(87,88)93-66-75(82)67-94-100(89,90)96-71-77(98-81(86)65-58-51-44-37-35-39-46-53-60-73(5)6)69-92-79(84)63-56-49-42-36-34-38-45-52-59-72(3)4/h72-77,82H,8-71H2,1-7H3,(H,87,88)(H,89,90)/t74?,75-,76-,77-/m1/s1. The van der Waals surface area contributed by atoms with Crippen molar-refractivity contribution >= 4 is 39.5 Å². The zero-order valence-corrected chi connectivity index (χ0v) is 67.5. The molecule has 0 aromatic carbocycles. The molecule has 0 saturated carbocycles. The lowest BCUT2D eigenvalue weighted by molar-refractivity contribution is -0.161. The molecule has 0 aliphatic rings. The molecule has 0 aliphatic heterocycles. The Balaban J connectivity index is 5.23. The van der Waals surface area contributed by atoms with Gasteiger partial charge in [-0.1, -0.05) is 370 Å². The van der Waals surface area contributed by atoms with Crippen molar-refractivity contribution in [3.8, 4) is 0 Å². The van der Waals surface area contributed by atoms with Crippen LogP contribution in [0.1, 0.15) is 421 Å². The molecule has 17 nitrogen and oxygen atoms in total. The van der Waals surface area contributed by atoms with Gasteiger partial charge in [-0.15, -0.1) is 0 Å². The number of unbranched alkanes of at least 4 members (excludes halogenated alkanes) is 46. The fraction of sp³-hybridized carbons (Fsp3) is 0.951. The van der Waals surface area contributed by atoms with E-state index in [1.54, 1.807) is 0 Å². The minimum atomic E-state index is -4.96. The van der Waals surface area contributed by atoms with Gasteiger partial charge in [-0.05, 0) is 43.4 Å². The molecule has 100 heavy (non-hydrogen) atoms. The van der Waals surface area contributed by atoms with Crippen LogP contribution in [0.4, 0.5) is 0 Å². The number of carbonyl (C=O) groups excluding carboxylic acids is 4. The number of phosphoric ester groups is 2. The lowest BCUT2D eigenvalue weighted by Gasteiger charge is -2.21. The summed E-state index contributed by atoms with van der Waals surface area (Å²) in [5, 5.41) is 10.6. The van der Waals surface area contributed by atoms with Crippen molar-refractivity contribution < 1.29 is 80.2 Å². The highest BCUT2D eigenvalue weighted by Gasteiger charge is 2.30. The van der Waals surface area contributed by atoms with Gasteiger partial charge in [0.2, 0.25) is 0 Å². The molecule has 0 amide bonds. The molecule has 19 heteroatoms. The van der Waals surface area contributed by atoms with Gasteiger partial charge in [0.15, 0.2) is 12.2 Å². The summed E-state index contributed by atoms with van der Waals surface area (Å²) in [7, 11) is -9.92. The van der Waals surface area contributed by atoms with Crippen LogP contribution >= 0.6 is 15.6 Å². The molecule has 0 rings (SSSR count). The summed E-state index contributed by atoms with van der Waals surface area (Å²) in [4.78, 5) is 73.0. The normalized spacial score (nSPS) is 14.2. The molecule has 0 aliphatic carbocycles. The van der Waals surface area contributed by atoms with Crippen LogP contribution in [-0.2, 0) is 65.4 Å². The molecule has 0 aromatic rings. The number of ether oxygens (including phenoxy) is 4. The highest BCUT2D eigenvalue weighted by atomic mass is 31.2. The Morgan fingerprint density at radius 3 is 0.760 bits per heavy atom. The topological polar surface area (TPSA) is 237 Å². The third-order valence-electron chi connectivity index (χ3n) is 19.2. The summed E-state index contributed by atoms with van der Waals surface area (Å²) in [6.07, 6.45) is 59.8. The maximum atomic E-state index is 13.1. The first-order valence-corrected chi connectivity index (χ1v) is 44.9. The van der Waals surface area contributed by atoms with Crippen molar-refractivity contribution in [3.63, 3.8) is 0 Å². The van der Waals surface area contributed by atoms with Gasteiger partial charge in [-0.2, -0.15) is 0 Å². The van der Waals surface area contributed by atoms with E-state index < -0.39 is 97.5 Å². The van der Waals surface area contributed by atoms with Crippen LogP contribution in [-0.4, -0.2) is 96.7 Å². The fourth-order valence-electron chi connectivity index (χ4n) is 12.5. The van der Waals surface area contributed by atoms with Crippen molar-refractivity contribution in [3.05, 3.63) is 0 Å². The van der Waals surface area contributed by atoms with E-state index in [0.717, 1.165) is 108 Å². The van der Waals surface area contributed by atoms with Crippen LogP contribution in [0.2, 0.25) is 0 Å². The van der Waals surface area contributed by atoms with Crippen LogP contribution in [0.15, 0.2) is 0 Å². The van der Waals surface area contributed by atoms with Crippen molar-refractivity contribution in [1.29, 1.82) is 0 Å². The number of esters is 4. The van der Waals surface area contributed by atoms with Gasteiger partial charge < -0.3 is 33.8 Å². The average molecular weight is 1470 g/mol. The summed E-state index contributed by atoms with van der Waals surface area (Å²) in [5.41, 5.74) is 0. The summed E-state index contributed by atoms with van der Waals surface area (Å²) in [6, 6.07) is 0. The Morgan fingerprint density at radius 2 is 0.510 bits per heavy atom. The van der Waals surface area contributed by atoms with Crippen LogP contribution in [0.25, 0.3) is 0 Å². The summed E-state index contributed by atoms with van der Waals surface area (Å²) < 4.78 is 68.7. The van der Waals surface area contributed by atoms with Gasteiger partial charge in [0.1, 0.15) is 19.3 Å². The fourth-order valence-corrected chi connectivity index (χ4v) is 14.0. The second kappa shape index (κ2) is 71.3. The van der Waals surface area contributed by atoms with Crippen LogP contribution in [0.5, 0.6) is 0 Å². The Bertz CT molecular complexity index is 1940. The first-order chi connectivity index (χ1) is 48.3. The molecule has 3 unspecified atom stereocenters. The zero-order chi connectivity index (χ0) is 73.7. The van der Waals surface area contributed by atoms with Gasteiger partial charge in [0, 0.05) is 25.7 Å². The summed E-state index contributed by atoms with van der Waals surface area (Å²) >= 11 is 0. The predicted molar refractivity (Wildman–Crippen MR) is 409 cm³/mol. The van der Waals surface area contributed by atoms with Crippen molar-refractivity contribution in [2.45, 2.75) is 439 Å². The third-order valence-corrected chi connectivity index (χ3v) is 21.1. The molecule has 6 atom stereocenters. The Kier molecular flexibility index (Phi) is 69.9. The average Bonchev–Trinajstić information content (AvgIpc) is 0.932. The summed E-state index contributed by atoms with van der Waals surface area (Å²) in [6.45, 7) is 11.9. The van der Waals surface area contributed by atoms with Gasteiger partial charge in [-0.3, -0.25) is 37.3 Å². The molecular weight excluding hydrogens is 1310 g/mol. The van der Waals surface area contributed by atoms with E-state index in [4.69, 9.17) is 37.0 Å². The Labute approximate surface area is 613 Å². The minimum absolute atomic E-state index is 0.104. The predicted octanol–water partition coefficient (Wildman–Crippen LogP) is 24.1. The van der Waals surface area contributed by atoms with Crippen molar-refractivity contribution in [2.24, 2.45) is 17.8 Å².